The number of aliphatic imine (C=N–C) groups is 1. The van der Waals surface area contributed by atoms with Crippen molar-refractivity contribution in [1.82, 2.24) is 20.9 Å². The van der Waals surface area contributed by atoms with Gasteiger partial charge in [-0.05, 0) is 19.3 Å². The quantitative estimate of drug-likeness (QED) is 0.356. The first-order chi connectivity index (χ1) is 9.11. The first kappa shape index (κ1) is 13.6. The number of hydrogen-bond donors (Lipinski definition) is 3. The largest absolute Gasteiger partial charge is 0.357 e. The van der Waals surface area contributed by atoms with E-state index in [1.165, 1.54) is 4.90 Å². The van der Waals surface area contributed by atoms with Gasteiger partial charge in [0.25, 0.3) is 0 Å². The molecule has 1 aliphatic carbocycles. The molecule has 0 bridgehead atoms. The van der Waals surface area contributed by atoms with Crippen molar-refractivity contribution >= 4 is 17.9 Å². The lowest BCUT2D eigenvalue weighted by Gasteiger charge is -2.13. The molecule has 19 heavy (non-hydrogen) atoms. The van der Waals surface area contributed by atoms with Gasteiger partial charge < -0.3 is 16.0 Å². The molecule has 0 aromatic rings. The summed E-state index contributed by atoms with van der Waals surface area (Å²) in [5, 5.41) is 8.97. The molecule has 1 saturated carbocycles. The highest BCUT2D eigenvalue weighted by Crippen LogP contribution is 2.28. The first-order valence-corrected chi connectivity index (χ1v) is 6.75. The van der Waals surface area contributed by atoms with E-state index in [0.29, 0.717) is 25.0 Å². The smallest absolute Gasteiger partial charge is 0.324 e. The van der Waals surface area contributed by atoms with E-state index >= 15 is 0 Å². The van der Waals surface area contributed by atoms with E-state index in [1.807, 2.05) is 6.92 Å². The Morgan fingerprint density at radius 3 is 2.79 bits per heavy atom. The molecule has 0 aromatic carbocycles. The second kappa shape index (κ2) is 5.90. The summed E-state index contributed by atoms with van der Waals surface area (Å²) < 4.78 is 0. The van der Waals surface area contributed by atoms with Crippen molar-refractivity contribution < 1.29 is 9.59 Å². The maximum absolute atomic E-state index is 11.4. The van der Waals surface area contributed by atoms with E-state index in [9.17, 15) is 9.59 Å². The fraction of sp³-hybridized carbons (Fsp3) is 0.750. The Morgan fingerprint density at radius 1 is 1.53 bits per heavy atom. The van der Waals surface area contributed by atoms with Crippen LogP contribution in [-0.2, 0) is 4.79 Å². The summed E-state index contributed by atoms with van der Waals surface area (Å²) in [6, 6.07) is 0.170. The number of carbonyl (C=O) groups excluding carboxylic acids is 2. The van der Waals surface area contributed by atoms with Crippen LogP contribution in [0.15, 0.2) is 4.99 Å². The van der Waals surface area contributed by atoms with Crippen LogP contribution in [0.1, 0.15) is 20.3 Å². The summed E-state index contributed by atoms with van der Waals surface area (Å²) in [4.78, 5) is 28.3. The maximum atomic E-state index is 11.4. The Balaban J connectivity index is 1.80. The molecule has 1 heterocycles. The zero-order chi connectivity index (χ0) is 13.8. The molecule has 1 aliphatic heterocycles. The number of imide groups is 1. The molecular weight excluding hydrogens is 246 g/mol. The van der Waals surface area contributed by atoms with Gasteiger partial charge in [0.15, 0.2) is 5.96 Å². The summed E-state index contributed by atoms with van der Waals surface area (Å²) in [7, 11) is 0. The van der Waals surface area contributed by atoms with E-state index in [-0.39, 0.29) is 18.5 Å². The number of nitrogens with zero attached hydrogens (tertiary/aromatic N) is 2. The maximum Gasteiger partial charge on any atom is 0.324 e. The molecule has 0 spiro atoms. The summed E-state index contributed by atoms with van der Waals surface area (Å²) in [6.45, 7) is 5.81. The fourth-order valence-electron chi connectivity index (χ4n) is 1.96. The minimum Gasteiger partial charge on any atom is -0.357 e. The predicted molar refractivity (Wildman–Crippen MR) is 71.8 cm³/mol. The third-order valence-corrected chi connectivity index (χ3v) is 3.31. The van der Waals surface area contributed by atoms with Crippen molar-refractivity contribution in [3.63, 3.8) is 0 Å². The van der Waals surface area contributed by atoms with Crippen LogP contribution in [0.4, 0.5) is 4.79 Å². The standard InChI is InChI=1S/C12H21N5O2/c1-3-13-11(16-9-6-8(9)2)14-4-5-17-10(18)7-15-12(17)19/h8-9H,3-7H2,1-2H3,(H,15,19)(H2,13,14,16). The third-order valence-electron chi connectivity index (χ3n) is 3.31. The van der Waals surface area contributed by atoms with Crippen LogP contribution in [-0.4, -0.2) is 55.0 Å². The van der Waals surface area contributed by atoms with Gasteiger partial charge >= 0.3 is 6.03 Å². The molecule has 0 radical (unpaired) electrons. The lowest BCUT2D eigenvalue weighted by Crippen LogP contribution is -2.40. The lowest BCUT2D eigenvalue weighted by atomic mass is 10.5. The molecule has 2 fully saturated rings. The van der Waals surface area contributed by atoms with E-state index in [0.717, 1.165) is 18.9 Å². The van der Waals surface area contributed by atoms with Crippen molar-refractivity contribution in [1.29, 1.82) is 0 Å². The molecule has 7 heteroatoms. The van der Waals surface area contributed by atoms with Crippen LogP contribution in [0, 0.1) is 5.92 Å². The van der Waals surface area contributed by atoms with Crippen molar-refractivity contribution in [3.8, 4) is 0 Å². The van der Waals surface area contributed by atoms with E-state index < -0.39 is 0 Å². The van der Waals surface area contributed by atoms with Crippen molar-refractivity contribution in [3.05, 3.63) is 0 Å². The van der Waals surface area contributed by atoms with Crippen LogP contribution in [0.5, 0.6) is 0 Å². The number of guanidine groups is 1. The molecule has 2 aliphatic rings. The Hall–Kier alpha value is -1.79. The molecule has 2 unspecified atom stereocenters. The molecule has 2 atom stereocenters. The highest BCUT2D eigenvalue weighted by molar-refractivity contribution is 6.01. The highest BCUT2D eigenvalue weighted by Gasteiger charge is 2.33. The Bertz CT molecular complexity index is 380. The predicted octanol–water partition coefficient (Wildman–Crippen LogP) is -0.498. The molecule has 0 aromatic heterocycles. The SMILES string of the molecule is CCNC(=NCCN1C(=O)CNC1=O)NC1CC1C. The number of urea groups is 1. The van der Waals surface area contributed by atoms with Crippen molar-refractivity contribution in [2.75, 3.05) is 26.2 Å². The molecule has 1 saturated heterocycles. The zero-order valence-electron chi connectivity index (χ0n) is 11.4. The number of rotatable bonds is 5. The molecule has 3 N–H and O–H groups in total. The molecule has 3 amide bonds. The van der Waals surface area contributed by atoms with Gasteiger partial charge in [-0.15, -0.1) is 0 Å². The average molecular weight is 267 g/mol. The van der Waals surface area contributed by atoms with Gasteiger partial charge in [-0.3, -0.25) is 14.7 Å². The lowest BCUT2D eigenvalue weighted by molar-refractivity contribution is -0.124. The minimum absolute atomic E-state index is 0.0977. The van der Waals surface area contributed by atoms with Crippen LogP contribution in [0.2, 0.25) is 0 Å². The third kappa shape index (κ3) is 3.59. The normalized spacial score (nSPS) is 26.4. The molecule has 7 nitrogen and oxygen atoms in total. The number of carbonyl (C=O) groups is 2. The summed E-state index contributed by atoms with van der Waals surface area (Å²) in [6.07, 6.45) is 1.16. The summed E-state index contributed by atoms with van der Waals surface area (Å²) in [5.41, 5.74) is 0. The van der Waals surface area contributed by atoms with Gasteiger partial charge in [-0.2, -0.15) is 0 Å². The Morgan fingerprint density at radius 2 is 2.26 bits per heavy atom. The number of hydrogen-bond acceptors (Lipinski definition) is 3. The molecule has 106 valence electrons. The topological polar surface area (TPSA) is 85.8 Å². The van der Waals surface area contributed by atoms with Gasteiger partial charge in [0.05, 0.1) is 19.6 Å². The van der Waals surface area contributed by atoms with Gasteiger partial charge in [-0.25, -0.2) is 4.79 Å². The second-order valence-electron chi connectivity index (χ2n) is 4.93. The summed E-state index contributed by atoms with van der Waals surface area (Å²) >= 11 is 0. The zero-order valence-corrected chi connectivity index (χ0v) is 11.4. The van der Waals surface area contributed by atoms with Crippen LogP contribution < -0.4 is 16.0 Å². The van der Waals surface area contributed by atoms with E-state index in [1.54, 1.807) is 0 Å². The van der Waals surface area contributed by atoms with Crippen LogP contribution >= 0.6 is 0 Å². The monoisotopic (exact) mass is 267 g/mol. The van der Waals surface area contributed by atoms with Gasteiger partial charge in [0.2, 0.25) is 5.91 Å². The average Bonchev–Trinajstić information content (AvgIpc) is 2.97. The number of amides is 3. The molecule has 2 rings (SSSR count). The fourth-order valence-corrected chi connectivity index (χ4v) is 1.96. The van der Waals surface area contributed by atoms with Gasteiger partial charge in [0.1, 0.15) is 0 Å². The van der Waals surface area contributed by atoms with E-state index in [2.05, 4.69) is 27.9 Å². The van der Waals surface area contributed by atoms with Crippen molar-refractivity contribution in [2.24, 2.45) is 10.9 Å². The Labute approximate surface area is 112 Å². The van der Waals surface area contributed by atoms with Crippen LogP contribution in [0.25, 0.3) is 0 Å². The van der Waals surface area contributed by atoms with Crippen LogP contribution in [0.3, 0.4) is 0 Å². The second-order valence-corrected chi connectivity index (χ2v) is 4.93. The highest BCUT2D eigenvalue weighted by atomic mass is 16.2. The van der Waals surface area contributed by atoms with Gasteiger partial charge in [-0.1, -0.05) is 6.92 Å². The summed E-state index contributed by atoms with van der Waals surface area (Å²) in [5.74, 6) is 1.26. The Kier molecular flexibility index (Phi) is 4.24. The van der Waals surface area contributed by atoms with Crippen molar-refractivity contribution in [2.45, 2.75) is 26.3 Å². The number of nitrogens with one attached hydrogen (secondary N) is 3. The molecular formula is C12H21N5O2. The van der Waals surface area contributed by atoms with E-state index in [4.69, 9.17) is 0 Å². The first-order valence-electron chi connectivity index (χ1n) is 6.75. The van der Waals surface area contributed by atoms with Gasteiger partial charge in [0, 0.05) is 12.6 Å². The minimum atomic E-state index is -0.325.